The smallest absolute Gasteiger partial charge is 0.226 e. The number of hydrogen-bond donors (Lipinski definition) is 0. The second-order valence-corrected chi connectivity index (χ2v) is 6.47. The van der Waals surface area contributed by atoms with E-state index >= 15 is 0 Å². The van der Waals surface area contributed by atoms with Gasteiger partial charge in [-0.3, -0.25) is 0 Å². The number of nitrogens with zero attached hydrogens (tertiary/aromatic N) is 5. The minimum Gasteiger partial charge on any atom is -0.378 e. The summed E-state index contributed by atoms with van der Waals surface area (Å²) in [5.74, 6) is 1.13. The van der Waals surface area contributed by atoms with E-state index in [4.69, 9.17) is 11.6 Å². The van der Waals surface area contributed by atoms with Crippen LogP contribution in [-0.2, 0) is 0 Å². The Morgan fingerprint density at radius 1 is 0.600 bits per heavy atom. The molecule has 25 heavy (non-hydrogen) atoms. The third kappa shape index (κ3) is 3.88. The Bertz CT molecular complexity index is 788. The highest BCUT2D eigenvalue weighted by molar-refractivity contribution is 6.28. The molecule has 0 aliphatic heterocycles. The highest BCUT2D eigenvalue weighted by atomic mass is 35.5. The first-order chi connectivity index (χ1) is 11.9. The average molecular weight is 354 g/mol. The fourth-order valence-electron chi connectivity index (χ4n) is 2.43. The zero-order valence-electron chi connectivity index (χ0n) is 14.7. The molecule has 0 saturated carbocycles. The van der Waals surface area contributed by atoms with E-state index in [1.165, 1.54) is 0 Å². The number of halogens is 1. The summed E-state index contributed by atoms with van der Waals surface area (Å²) in [4.78, 5) is 17.2. The molecule has 0 atom stereocenters. The monoisotopic (exact) mass is 353 g/mol. The molecule has 0 aliphatic carbocycles. The Balaban J connectivity index is 1.97. The molecular weight excluding hydrogens is 334 g/mol. The van der Waals surface area contributed by atoms with E-state index < -0.39 is 0 Å². The summed E-state index contributed by atoms with van der Waals surface area (Å²) in [5.41, 5.74) is 4.04. The first-order valence-electron chi connectivity index (χ1n) is 7.91. The lowest BCUT2D eigenvalue weighted by Crippen LogP contribution is -2.08. The molecular formula is C19H20ClN5. The van der Waals surface area contributed by atoms with E-state index in [2.05, 4.69) is 15.0 Å². The summed E-state index contributed by atoms with van der Waals surface area (Å²) >= 11 is 6.13. The second kappa shape index (κ2) is 7.07. The minimum atomic E-state index is 0.188. The van der Waals surface area contributed by atoms with Crippen LogP contribution in [0.1, 0.15) is 0 Å². The highest BCUT2D eigenvalue weighted by Gasteiger charge is 2.10. The molecule has 0 N–H and O–H groups in total. The lowest BCUT2D eigenvalue weighted by Gasteiger charge is -2.13. The molecule has 3 aromatic rings. The molecule has 1 aromatic heterocycles. The fourth-order valence-corrected chi connectivity index (χ4v) is 2.59. The van der Waals surface area contributed by atoms with Crippen molar-refractivity contribution in [1.29, 1.82) is 0 Å². The molecule has 0 spiro atoms. The van der Waals surface area contributed by atoms with Gasteiger partial charge >= 0.3 is 0 Å². The summed E-state index contributed by atoms with van der Waals surface area (Å²) in [7, 11) is 8.02. The van der Waals surface area contributed by atoms with Crippen molar-refractivity contribution in [3.63, 3.8) is 0 Å². The molecule has 0 radical (unpaired) electrons. The molecule has 0 saturated heterocycles. The zero-order chi connectivity index (χ0) is 18.0. The Hall–Kier alpha value is -2.66. The summed E-state index contributed by atoms with van der Waals surface area (Å²) in [6, 6.07) is 16.0. The van der Waals surface area contributed by atoms with Crippen LogP contribution in [0.5, 0.6) is 0 Å². The number of aromatic nitrogens is 3. The van der Waals surface area contributed by atoms with Crippen LogP contribution in [0.15, 0.2) is 48.5 Å². The standard InChI is InChI=1S/C19H20ClN5/c1-24(2)15-9-5-13(6-10-15)17-21-18(23-19(20)22-17)14-7-11-16(12-8-14)25(3)4/h5-12H,1-4H3. The molecule has 0 bridgehead atoms. The van der Waals surface area contributed by atoms with Crippen molar-refractivity contribution < 1.29 is 0 Å². The first-order valence-corrected chi connectivity index (χ1v) is 8.29. The predicted octanol–water partition coefficient (Wildman–Crippen LogP) is 3.99. The van der Waals surface area contributed by atoms with Crippen LogP contribution in [0.4, 0.5) is 11.4 Å². The van der Waals surface area contributed by atoms with Gasteiger partial charge in [0.1, 0.15) is 0 Å². The van der Waals surface area contributed by atoms with Gasteiger partial charge in [-0.25, -0.2) is 4.98 Å². The summed E-state index contributed by atoms with van der Waals surface area (Å²) in [5, 5.41) is 0.188. The topological polar surface area (TPSA) is 45.2 Å². The van der Waals surface area contributed by atoms with Crippen LogP contribution in [0.25, 0.3) is 22.8 Å². The molecule has 0 aliphatic rings. The molecule has 5 nitrogen and oxygen atoms in total. The van der Waals surface area contributed by atoms with Crippen molar-refractivity contribution in [3.05, 3.63) is 53.8 Å². The lowest BCUT2D eigenvalue weighted by atomic mass is 10.1. The SMILES string of the molecule is CN(C)c1ccc(-c2nc(Cl)nc(-c3ccc(N(C)C)cc3)n2)cc1. The molecule has 2 aromatic carbocycles. The van der Waals surface area contributed by atoms with Gasteiger partial charge in [0.15, 0.2) is 11.6 Å². The van der Waals surface area contributed by atoms with Gasteiger partial charge in [0, 0.05) is 50.7 Å². The van der Waals surface area contributed by atoms with E-state index in [0.717, 1.165) is 22.5 Å². The molecule has 3 rings (SSSR count). The van der Waals surface area contributed by atoms with E-state index in [9.17, 15) is 0 Å². The molecule has 0 fully saturated rings. The number of rotatable bonds is 4. The van der Waals surface area contributed by atoms with Gasteiger partial charge in [0.05, 0.1) is 0 Å². The molecule has 0 unspecified atom stereocenters. The Morgan fingerprint density at radius 2 is 0.960 bits per heavy atom. The van der Waals surface area contributed by atoms with Gasteiger partial charge in [0.25, 0.3) is 0 Å². The van der Waals surface area contributed by atoms with Gasteiger partial charge in [-0.15, -0.1) is 0 Å². The third-order valence-corrected chi connectivity index (χ3v) is 4.06. The maximum atomic E-state index is 6.13. The van der Waals surface area contributed by atoms with Crippen molar-refractivity contribution in [2.45, 2.75) is 0 Å². The van der Waals surface area contributed by atoms with Crippen molar-refractivity contribution in [1.82, 2.24) is 15.0 Å². The lowest BCUT2D eigenvalue weighted by molar-refractivity contribution is 1.06. The summed E-state index contributed by atoms with van der Waals surface area (Å²) in [6.07, 6.45) is 0. The van der Waals surface area contributed by atoms with E-state index in [1.54, 1.807) is 0 Å². The Kier molecular flexibility index (Phi) is 4.86. The van der Waals surface area contributed by atoms with Gasteiger partial charge in [0.2, 0.25) is 5.28 Å². The van der Waals surface area contributed by atoms with E-state index in [1.807, 2.05) is 86.5 Å². The molecule has 1 heterocycles. The first kappa shape index (κ1) is 17.2. The molecule has 128 valence electrons. The normalized spacial score (nSPS) is 10.6. The minimum absolute atomic E-state index is 0.188. The number of hydrogen-bond acceptors (Lipinski definition) is 5. The van der Waals surface area contributed by atoms with Crippen LogP contribution >= 0.6 is 11.6 Å². The Morgan fingerprint density at radius 3 is 1.28 bits per heavy atom. The fraction of sp³-hybridized carbons (Fsp3) is 0.211. The third-order valence-electron chi connectivity index (χ3n) is 3.89. The van der Waals surface area contributed by atoms with Gasteiger partial charge in [-0.2, -0.15) is 9.97 Å². The van der Waals surface area contributed by atoms with Crippen molar-refractivity contribution in [3.8, 4) is 22.8 Å². The van der Waals surface area contributed by atoms with Crippen molar-refractivity contribution in [2.24, 2.45) is 0 Å². The van der Waals surface area contributed by atoms with E-state index in [-0.39, 0.29) is 5.28 Å². The second-order valence-electron chi connectivity index (χ2n) is 6.13. The predicted molar refractivity (Wildman–Crippen MR) is 104 cm³/mol. The Labute approximate surface area is 152 Å². The van der Waals surface area contributed by atoms with Gasteiger partial charge in [-0.05, 0) is 60.1 Å². The van der Waals surface area contributed by atoms with Crippen LogP contribution in [0.2, 0.25) is 5.28 Å². The van der Waals surface area contributed by atoms with Gasteiger partial charge < -0.3 is 9.80 Å². The quantitative estimate of drug-likeness (QED) is 0.709. The summed E-state index contributed by atoms with van der Waals surface area (Å²) < 4.78 is 0. The maximum Gasteiger partial charge on any atom is 0.226 e. The van der Waals surface area contributed by atoms with Crippen LogP contribution in [0.3, 0.4) is 0 Å². The molecule has 0 amide bonds. The zero-order valence-corrected chi connectivity index (χ0v) is 15.5. The maximum absolute atomic E-state index is 6.13. The average Bonchev–Trinajstić information content (AvgIpc) is 2.61. The number of benzene rings is 2. The summed E-state index contributed by atoms with van der Waals surface area (Å²) in [6.45, 7) is 0. The van der Waals surface area contributed by atoms with Crippen molar-refractivity contribution >= 4 is 23.0 Å². The van der Waals surface area contributed by atoms with Crippen molar-refractivity contribution in [2.75, 3.05) is 38.0 Å². The largest absolute Gasteiger partial charge is 0.378 e. The van der Waals surface area contributed by atoms with Gasteiger partial charge in [-0.1, -0.05) is 0 Å². The van der Waals surface area contributed by atoms with Crippen LogP contribution < -0.4 is 9.80 Å². The van der Waals surface area contributed by atoms with Crippen LogP contribution in [0, 0.1) is 0 Å². The van der Waals surface area contributed by atoms with E-state index in [0.29, 0.717) is 11.6 Å². The highest BCUT2D eigenvalue weighted by Crippen LogP contribution is 2.24. The van der Waals surface area contributed by atoms with Crippen LogP contribution in [-0.4, -0.2) is 43.1 Å². The number of anilines is 2. The molecule has 6 heteroatoms.